The lowest BCUT2D eigenvalue weighted by Crippen LogP contribution is -2.41. The summed E-state index contributed by atoms with van der Waals surface area (Å²) in [6, 6.07) is -0.110. The van der Waals surface area contributed by atoms with Gasteiger partial charge < -0.3 is 10.2 Å². The molecule has 3 aromatic heterocycles. The predicted octanol–water partition coefficient (Wildman–Crippen LogP) is 2.30. The summed E-state index contributed by atoms with van der Waals surface area (Å²) >= 11 is 0. The third kappa shape index (κ3) is 3.27. The molecule has 0 saturated carbocycles. The summed E-state index contributed by atoms with van der Waals surface area (Å²) in [5.74, 6) is -0.116. The molecular weight excluding hydrogens is 363 g/mol. The number of nitrogens with one attached hydrogen (secondary N) is 1. The lowest BCUT2D eigenvalue weighted by Gasteiger charge is -2.27. The lowest BCUT2D eigenvalue weighted by molar-refractivity contribution is -0.146. The van der Waals surface area contributed by atoms with Gasteiger partial charge in [0, 0.05) is 25.1 Å². The topological polar surface area (TPSA) is 88.3 Å². The number of hydrogen-bond acceptors (Lipinski definition) is 6. The number of nitrogens with zero attached hydrogens (tertiary/aromatic N) is 6. The molecular formula is C16H14F3N7O. The quantitative estimate of drug-likeness (QED) is 0.754. The van der Waals surface area contributed by atoms with Crippen molar-refractivity contribution in [3.63, 3.8) is 0 Å². The van der Waals surface area contributed by atoms with Gasteiger partial charge in [-0.25, -0.2) is 14.5 Å². The molecule has 1 amide bonds. The van der Waals surface area contributed by atoms with Crippen molar-refractivity contribution in [2.45, 2.75) is 25.1 Å². The first-order valence-electron chi connectivity index (χ1n) is 8.18. The van der Waals surface area contributed by atoms with E-state index in [-0.39, 0.29) is 35.8 Å². The Kier molecular flexibility index (Phi) is 4.13. The molecule has 0 radical (unpaired) electrons. The molecule has 0 spiro atoms. The Morgan fingerprint density at radius 3 is 2.85 bits per heavy atom. The van der Waals surface area contributed by atoms with Gasteiger partial charge in [-0.15, -0.1) is 0 Å². The number of rotatable bonds is 3. The Morgan fingerprint density at radius 2 is 2.11 bits per heavy atom. The number of carbonyl (C=O) groups excluding carboxylic acids is 1. The van der Waals surface area contributed by atoms with Crippen molar-refractivity contribution in [3.8, 4) is 0 Å². The van der Waals surface area contributed by atoms with Gasteiger partial charge in [-0.05, 0) is 18.9 Å². The highest BCUT2D eigenvalue weighted by Crippen LogP contribution is 2.35. The number of amides is 1. The Balaban J connectivity index is 1.66. The molecule has 1 fully saturated rings. The Hall–Kier alpha value is -3.24. The molecule has 1 aliphatic heterocycles. The predicted molar refractivity (Wildman–Crippen MR) is 89.4 cm³/mol. The van der Waals surface area contributed by atoms with E-state index >= 15 is 0 Å². The van der Waals surface area contributed by atoms with Crippen molar-refractivity contribution in [3.05, 3.63) is 42.6 Å². The number of aromatic nitrogens is 5. The summed E-state index contributed by atoms with van der Waals surface area (Å²) in [7, 11) is 0. The second kappa shape index (κ2) is 6.49. The maximum Gasteiger partial charge on any atom is 0.408 e. The monoisotopic (exact) mass is 377 g/mol. The van der Waals surface area contributed by atoms with Gasteiger partial charge in [0.05, 0.1) is 12.4 Å². The third-order valence-electron chi connectivity index (χ3n) is 4.33. The van der Waals surface area contributed by atoms with Crippen LogP contribution in [-0.2, 0) is 0 Å². The van der Waals surface area contributed by atoms with Gasteiger partial charge in [0.1, 0.15) is 17.4 Å². The molecule has 4 rings (SSSR count). The molecule has 27 heavy (non-hydrogen) atoms. The summed E-state index contributed by atoms with van der Waals surface area (Å²) in [5, 5.41) is 6.59. The van der Waals surface area contributed by atoms with Gasteiger partial charge in [-0.2, -0.15) is 18.3 Å². The van der Waals surface area contributed by atoms with Crippen molar-refractivity contribution in [2.24, 2.45) is 0 Å². The zero-order chi connectivity index (χ0) is 19.0. The molecule has 1 atom stereocenters. The molecule has 1 saturated heterocycles. The molecule has 140 valence electrons. The fourth-order valence-electron chi connectivity index (χ4n) is 3.11. The van der Waals surface area contributed by atoms with E-state index in [2.05, 4.69) is 25.4 Å². The molecule has 0 aliphatic carbocycles. The molecule has 0 aromatic carbocycles. The van der Waals surface area contributed by atoms with Crippen LogP contribution in [0.1, 0.15) is 23.2 Å². The fourth-order valence-corrected chi connectivity index (χ4v) is 3.11. The lowest BCUT2D eigenvalue weighted by atomic mass is 10.2. The van der Waals surface area contributed by atoms with Crippen LogP contribution < -0.4 is 10.2 Å². The standard InChI is InChI=1S/C16H14F3N7O/c17-16(18,19)11-2-1-6-25(11)13-3-7-26-14(24-13)10(8-22-26)15(27)23-12-9-20-4-5-21-12/h3-5,7-9,11H,1-2,6H2,(H,21,23,27). The Labute approximate surface area is 151 Å². The SMILES string of the molecule is O=C(Nc1cnccn1)c1cnn2ccc(N3CCCC3C(F)(F)F)nc12. The highest BCUT2D eigenvalue weighted by molar-refractivity contribution is 6.07. The van der Waals surface area contributed by atoms with Gasteiger partial charge in [0.25, 0.3) is 5.91 Å². The first kappa shape index (κ1) is 17.2. The average Bonchev–Trinajstić information content (AvgIpc) is 3.29. The molecule has 3 aromatic rings. The zero-order valence-corrected chi connectivity index (χ0v) is 13.9. The van der Waals surface area contributed by atoms with Crippen LogP contribution in [0.25, 0.3) is 5.65 Å². The smallest absolute Gasteiger partial charge is 0.344 e. The van der Waals surface area contributed by atoms with E-state index < -0.39 is 18.1 Å². The second-order valence-electron chi connectivity index (χ2n) is 6.05. The molecule has 0 bridgehead atoms. The second-order valence-corrected chi connectivity index (χ2v) is 6.05. The van der Waals surface area contributed by atoms with Gasteiger partial charge >= 0.3 is 6.18 Å². The van der Waals surface area contributed by atoms with Crippen LogP contribution in [0.5, 0.6) is 0 Å². The number of hydrogen-bond donors (Lipinski definition) is 1. The molecule has 1 N–H and O–H groups in total. The highest BCUT2D eigenvalue weighted by Gasteiger charge is 2.46. The van der Waals surface area contributed by atoms with E-state index in [9.17, 15) is 18.0 Å². The molecule has 11 heteroatoms. The summed E-state index contributed by atoms with van der Waals surface area (Å²) < 4.78 is 41.0. The van der Waals surface area contributed by atoms with E-state index in [0.29, 0.717) is 6.42 Å². The maximum atomic E-state index is 13.2. The van der Waals surface area contributed by atoms with Gasteiger partial charge in [0.2, 0.25) is 0 Å². The van der Waals surface area contributed by atoms with Crippen LogP contribution in [0.2, 0.25) is 0 Å². The van der Waals surface area contributed by atoms with E-state index in [1.807, 2.05) is 0 Å². The van der Waals surface area contributed by atoms with Crippen molar-refractivity contribution in [1.82, 2.24) is 24.6 Å². The van der Waals surface area contributed by atoms with Crippen LogP contribution in [0.4, 0.5) is 24.8 Å². The number of alkyl halides is 3. The van der Waals surface area contributed by atoms with Crippen molar-refractivity contribution in [1.29, 1.82) is 0 Å². The first-order valence-corrected chi connectivity index (χ1v) is 8.18. The normalized spacial score (nSPS) is 17.4. The van der Waals surface area contributed by atoms with E-state index in [1.165, 1.54) is 46.5 Å². The number of carbonyl (C=O) groups is 1. The average molecular weight is 377 g/mol. The molecule has 1 unspecified atom stereocenters. The molecule has 1 aliphatic rings. The van der Waals surface area contributed by atoms with Crippen molar-refractivity contribution < 1.29 is 18.0 Å². The molecule has 8 nitrogen and oxygen atoms in total. The van der Waals surface area contributed by atoms with Crippen LogP contribution in [0, 0.1) is 0 Å². The third-order valence-corrected chi connectivity index (χ3v) is 4.33. The van der Waals surface area contributed by atoms with E-state index in [0.717, 1.165) is 0 Å². The van der Waals surface area contributed by atoms with Crippen LogP contribution in [0.3, 0.4) is 0 Å². The summed E-state index contributed by atoms with van der Waals surface area (Å²) in [5.41, 5.74) is 0.298. The maximum absolute atomic E-state index is 13.2. The van der Waals surface area contributed by atoms with Gasteiger partial charge in [0.15, 0.2) is 11.5 Å². The number of anilines is 2. The first-order chi connectivity index (χ1) is 12.9. The number of fused-ring (bicyclic) bond motifs is 1. The van der Waals surface area contributed by atoms with Crippen molar-refractivity contribution in [2.75, 3.05) is 16.8 Å². The minimum Gasteiger partial charge on any atom is -0.344 e. The van der Waals surface area contributed by atoms with Crippen LogP contribution >= 0.6 is 0 Å². The summed E-state index contributed by atoms with van der Waals surface area (Å²) in [6.45, 7) is 0.253. The minimum atomic E-state index is -4.34. The number of halogens is 3. The van der Waals surface area contributed by atoms with E-state index in [4.69, 9.17) is 0 Å². The van der Waals surface area contributed by atoms with Crippen LogP contribution in [0.15, 0.2) is 37.1 Å². The highest BCUT2D eigenvalue weighted by atomic mass is 19.4. The largest absolute Gasteiger partial charge is 0.408 e. The van der Waals surface area contributed by atoms with Gasteiger partial charge in [-0.1, -0.05) is 0 Å². The Morgan fingerprint density at radius 1 is 1.26 bits per heavy atom. The summed E-state index contributed by atoms with van der Waals surface area (Å²) in [6.07, 6.45) is 3.17. The molecule has 4 heterocycles. The van der Waals surface area contributed by atoms with Crippen molar-refractivity contribution >= 4 is 23.2 Å². The van der Waals surface area contributed by atoms with E-state index in [1.54, 1.807) is 0 Å². The zero-order valence-electron chi connectivity index (χ0n) is 13.9. The van der Waals surface area contributed by atoms with Gasteiger partial charge in [-0.3, -0.25) is 9.78 Å². The van der Waals surface area contributed by atoms with Crippen LogP contribution in [-0.4, -0.2) is 49.2 Å². The Bertz CT molecular complexity index is 973. The minimum absolute atomic E-state index is 0.0235. The summed E-state index contributed by atoms with van der Waals surface area (Å²) in [4.78, 5) is 25.8. The fraction of sp³-hybridized carbons (Fsp3) is 0.312.